The molecule has 2 heterocycles. The van der Waals surface area contributed by atoms with Crippen LogP contribution in [0.3, 0.4) is 0 Å². The van der Waals surface area contributed by atoms with Crippen molar-refractivity contribution in [2.45, 2.75) is 0 Å². The molecular formula is C11H12N3NaO3. The molecule has 0 unspecified atom stereocenters. The summed E-state index contributed by atoms with van der Waals surface area (Å²) in [6, 6.07) is 5.60. The van der Waals surface area contributed by atoms with Gasteiger partial charge in [0.1, 0.15) is 0 Å². The van der Waals surface area contributed by atoms with Crippen LogP contribution in [0.5, 0.6) is 5.88 Å². The van der Waals surface area contributed by atoms with Gasteiger partial charge >= 0.3 is 29.6 Å². The van der Waals surface area contributed by atoms with Crippen LogP contribution in [0.2, 0.25) is 0 Å². The fourth-order valence-corrected chi connectivity index (χ4v) is 1.18. The number of methoxy groups -OCH3 is 1. The second-order valence-electron chi connectivity index (χ2n) is 2.96. The number of ether oxygens (including phenoxy) is 1. The van der Waals surface area contributed by atoms with Crippen LogP contribution < -0.4 is 34.3 Å². The van der Waals surface area contributed by atoms with E-state index in [0.717, 1.165) is 11.3 Å². The molecule has 0 aliphatic heterocycles. The van der Waals surface area contributed by atoms with Gasteiger partial charge in [-0.25, -0.2) is 0 Å². The summed E-state index contributed by atoms with van der Waals surface area (Å²) in [5, 5.41) is 10.9. The number of hydrogen-bond donors (Lipinski definition) is 1. The minimum absolute atomic E-state index is 0. The van der Waals surface area contributed by atoms with E-state index in [2.05, 4.69) is 16.3 Å². The van der Waals surface area contributed by atoms with Crippen molar-refractivity contribution in [3.63, 3.8) is 0 Å². The van der Waals surface area contributed by atoms with Crippen LogP contribution in [0.1, 0.15) is 0 Å². The molecule has 7 heteroatoms. The predicted octanol–water partition coefficient (Wildman–Crippen LogP) is -2.00. The number of nitrogens with zero attached hydrogens (tertiary/aromatic N) is 3. The first-order valence-corrected chi connectivity index (χ1v) is 4.72. The van der Waals surface area contributed by atoms with Crippen molar-refractivity contribution in [3.8, 4) is 17.1 Å². The maximum absolute atomic E-state index is 8.36. The Morgan fingerprint density at radius 2 is 2.17 bits per heavy atom. The standard InChI is InChI=1S/C10H10N3O.CH2O2.Na/c1-13-7-8(6-11-13)9-4-3-5-10(12-9)14-2;2-1-3;/h3-6H,1-2H3;1H,(H,2,3);/q-1;;+1. The first-order chi connectivity index (χ1) is 8.21. The second-order valence-corrected chi connectivity index (χ2v) is 2.96. The molecule has 0 saturated carbocycles. The maximum Gasteiger partial charge on any atom is 1.00 e. The predicted molar refractivity (Wildman–Crippen MR) is 60.5 cm³/mol. The average molecular weight is 257 g/mol. The molecule has 18 heavy (non-hydrogen) atoms. The fourth-order valence-electron chi connectivity index (χ4n) is 1.18. The summed E-state index contributed by atoms with van der Waals surface area (Å²) in [6.07, 6.45) is 4.76. The van der Waals surface area contributed by atoms with Crippen molar-refractivity contribution in [2.24, 2.45) is 7.05 Å². The van der Waals surface area contributed by atoms with E-state index >= 15 is 0 Å². The zero-order valence-electron chi connectivity index (χ0n) is 10.5. The Labute approximate surface area is 127 Å². The molecule has 2 rings (SSSR count). The van der Waals surface area contributed by atoms with Crippen LogP contribution in [0.25, 0.3) is 11.3 Å². The van der Waals surface area contributed by atoms with Gasteiger partial charge in [0.15, 0.2) is 0 Å². The third-order valence-electron chi connectivity index (χ3n) is 1.85. The number of carboxylic acid groups (broad SMARTS) is 1. The molecule has 0 aliphatic carbocycles. The van der Waals surface area contributed by atoms with E-state index in [9.17, 15) is 0 Å². The second kappa shape index (κ2) is 8.68. The van der Waals surface area contributed by atoms with Crippen LogP contribution in [0, 0.1) is 6.20 Å². The van der Waals surface area contributed by atoms with Crippen LogP contribution in [-0.4, -0.2) is 33.5 Å². The van der Waals surface area contributed by atoms with Crippen molar-refractivity contribution < 1.29 is 44.2 Å². The van der Waals surface area contributed by atoms with Gasteiger partial charge in [-0.1, -0.05) is 24.5 Å². The van der Waals surface area contributed by atoms with E-state index in [1.165, 1.54) is 0 Å². The van der Waals surface area contributed by atoms with Gasteiger partial charge in [-0.2, -0.15) is 0 Å². The zero-order valence-corrected chi connectivity index (χ0v) is 12.5. The summed E-state index contributed by atoms with van der Waals surface area (Å²) in [5.41, 5.74) is 1.68. The summed E-state index contributed by atoms with van der Waals surface area (Å²) in [7, 11) is 3.42. The molecule has 0 bridgehead atoms. The molecule has 90 valence electrons. The van der Waals surface area contributed by atoms with Crippen molar-refractivity contribution >= 4 is 6.47 Å². The topological polar surface area (TPSA) is 77.2 Å². The van der Waals surface area contributed by atoms with Crippen molar-refractivity contribution in [3.05, 3.63) is 30.6 Å². The molecule has 0 fully saturated rings. The van der Waals surface area contributed by atoms with E-state index < -0.39 is 0 Å². The minimum Gasteiger partial charge on any atom is -0.483 e. The van der Waals surface area contributed by atoms with E-state index in [4.69, 9.17) is 14.6 Å². The molecule has 0 aromatic carbocycles. The quantitative estimate of drug-likeness (QED) is 0.382. The van der Waals surface area contributed by atoms with Gasteiger partial charge in [0.2, 0.25) is 5.88 Å². The van der Waals surface area contributed by atoms with Crippen LogP contribution in [0.15, 0.2) is 24.4 Å². The smallest absolute Gasteiger partial charge is 0.483 e. The van der Waals surface area contributed by atoms with Crippen molar-refractivity contribution in [1.29, 1.82) is 0 Å². The van der Waals surface area contributed by atoms with Crippen LogP contribution in [0.4, 0.5) is 0 Å². The van der Waals surface area contributed by atoms with E-state index in [1.54, 1.807) is 24.1 Å². The number of aromatic nitrogens is 3. The molecule has 2 aromatic rings. The molecule has 6 nitrogen and oxygen atoms in total. The summed E-state index contributed by atoms with van der Waals surface area (Å²) >= 11 is 0. The van der Waals surface area contributed by atoms with Gasteiger partial charge < -0.3 is 14.5 Å². The number of pyridine rings is 1. The van der Waals surface area contributed by atoms with Gasteiger partial charge in [-0.15, -0.1) is 5.56 Å². The third-order valence-corrected chi connectivity index (χ3v) is 1.85. The molecule has 1 N–H and O–H groups in total. The third kappa shape index (κ3) is 4.87. The molecule has 0 spiro atoms. The number of rotatable bonds is 2. The Bertz CT molecular complexity index is 488. The number of carbonyl (C=O) groups is 1. The molecule has 0 amide bonds. The summed E-state index contributed by atoms with van der Waals surface area (Å²) in [6.45, 7) is -0.250. The largest absolute Gasteiger partial charge is 1.00 e. The first kappa shape index (κ1) is 16.6. The summed E-state index contributed by atoms with van der Waals surface area (Å²) < 4.78 is 6.65. The molecule has 0 saturated heterocycles. The zero-order chi connectivity index (χ0) is 12.7. The summed E-state index contributed by atoms with van der Waals surface area (Å²) in [4.78, 5) is 12.6. The Kier molecular flexibility index (Phi) is 8.02. The van der Waals surface area contributed by atoms with Gasteiger partial charge in [-0.3, -0.25) is 14.9 Å². The van der Waals surface area contributed by atoms with Gasteiger partial charge in [0.05, 0.1) is 7.11 Å². The Morgan fingerprint density at radius 1 is 1.50 bits per heavy atom. The van der Waals surface area contributed by atoms with E-state index in [1.807, 2.05) is 19.2 Å². The van der Waals surface area contributed by atoms with Gasteiger partial charge in [0, 0.05) is 7.05 Å². The SMILES string of the molecule is COc1cccc(-c2[c-]n(C)nc2)n1.O=CO.[Na+]. The molecule has 0 aliphatic rings. The maximum atomic E-state index is 8.36. The molecular weight excluding hydrogens is 245 g/mol. The van der Waals surface area contributed by atoms with Crippen LogP contribution >= 0.6 is 0 Å². The Hall–Kier alpha value is -1.37. The van der Waals surface area contributed by atoms with Crippen molar-refractivity contribution in [1.82, 2.24) is 14.8 Å². The van der Waals surface area contributed by atoms with Crippen molar-refractivity contribution in [2.75, 3.05) is 7.11 Å². The molecule has 0 radical (unpaired) electrons. The minimum atomic E-state index is -0.250. The normalized spacial score (nSPS) is 8.56. The van der Waals surface area contributed by atoms with Gasteiger partial charge in [0.25, 0.3) is 6.47 Å². The first-order valence-electron chi connectivity index (χ1n) is 4.72. The molecule has 0 atom stereocenters. The average Bonchev–Trinajstić information content (AvgIpc) is 2.77. The Morgan fingerprint density at radius 3 is 2.67 bits per heavy atom. The monoisotopic (exact) mass is 257 g/mol. The summed E-state index contributed by atoms with van der Waals surface area (Å²) in [5.74, 6) is 0.597. The molecule has 2 aromatic heterocycles. The fraction of sp³-hybridized carbons (Fsp3) is 0.182. The van der Waals surface area contributed by atoms with Crippen LogP contribution in [-0.2, 0) is 11.8 Å². The van der Waals surface area contributed by atoms with E-state index in [0.29, 0.717) is 5.88 Å². The number of aryl methyl sites for hydroxylation is 1. The Balaban J connectivity index is 0.000000660. The number of hydrogen-bond acceptors (Lipinski definition) is 4. The van der Waals surface area contributed by atoms with Gasteiger partial charge in [-0.05, 0) is 11.8 Å². The van der Waals surface area contributed by atoms with E-state index in [-0.39, 0.29) is 36.0 Å².